The quantitative estimate of drug-likeness (QED) is 0.237. The molecule has 192 valence electrons. The number of hydrogen-bond donors (Lipinski definition) is 0. The van der Waals surface area contributed by atoms with E-state index in [1.54, 1.807) is 59.8 Å². The minimum atomic E-state index is -0.922. The first-order chi connectivity index (χ1) is 18.5. The number of anilines is 1. The molecule has 0 bridgehead atoms. The number of hydrogen-bond acceptors (Lipinski definition) is 6. The number of imide groups is 1. The van der Waals surface area contributed by atoms with Crippen LogP contribution >= 0.6 is 11.6 Å². The van der Waals surface area contributed by atoms with Crippen molar-refractivity contribution in [3.63, 3.8) is 0 Å². The van der Waals surface area contributed by atoms with Gasteiger partial charge in [0, 0.05) is 10.6 Å². The molecule has 3 aromatic carbocycles. The summed E-state index contributed by atoms with van der Waals surface area (Å²) in [5, 5.41) is 6.76. The molecule has 0 aromatic heterocycles. The van der Waals surface area contributed by atoms with Crippen LogP contribution in [0.1, 0.15) is 47.3 Å². The molecule has 7 nitrogen and oxygen atoms in total. The van der Waals surface area contributed by atoms with Crippen molar-refractivity contribution in [2.75, 3.05) is 11.5 Å². The van der Waals surface area contributed by atoms with Crippen LogP contribution in [0.15, 0.2) is 77.9 Å². The third-order valence-electron chi connectivity index (χ3n) is 7.55. The summed E-state index contributed by atoms with van der Waals surface area (Å²) in [7, 11) is 0. The monoisotopic (exact) mass is 527 g/mol. The van der Waals surface area contributed by atoms with E-state index in [0.29, 0.717) is 28.6 Å². The highest BCUT2D eigenvalue weighted by Gasteiger charge is 2.65. The van der Waals surface area contributed by atoms with Crippen molar-refractivity contribution in [3.05, 3.63) is 94.5 Å². The van der Waals surface area contributed by atoms with E-state index in [1.807, 2.05) is 24.3 Å². The Morgan fingerprint density at radius 1 is 0.947 bits per heavy atom. The number of rotatable bonds is 7. The molecule has 38 heavy (non-hydrogen) atoms. The maximum Gasteiger partial charge on any atom is 0.240 e. The highest BCUT2D eigenvalue weighted by atomic mass is 35.5. The minimum Gasteiger partial charge on any atom is -0.494 e. The molecule has 0 radical (unpaired) electrons. The Hall–Kier alpha value is -3.97. The lowest BCUT2D eigenvalue weighted by molar-refractivity contribution is -0.124. The number of benzene rings is 3. The summed E-state index contributed by atoms with van der Waals surface area (Å²) in [6.45, 7) is 2.70. The summed E-state index contributed by atoms with van der Waals surface area (Å²) < 4.78 is 5.74. The van der Waals surface area contributed by atoms with Crippen molar-refractivity contribution in [2.45, 2.75) is 31.8 Å². The first kappa shape index (κ1) is 24.4. The summed E-state index contributed by atoms with van der Waals surface area (Å²) >= 11 is 6.05. The summed E-state index contributed by atoms with van der Waals surface area (Å²) in [5.74, 6) is -1.93. The Balaban J connectivity index is 1.39. The maximum absolute atomic E-state index is 14.0. The zero-order valence-corrected chi connectivity index (χ0v) is 21.5. The van der Waals surface area contributed by atoms with E-state index in [2.05, 4.69) is 12.0 Å². The number of unbranched alkanes of at least 4 members (excludes halogenated alkanes) is 1. The average Bonchev–Trinajstić information content (AvgIpc) is 3.41. The fourth-order valence-corrected chi connectivity index (χ4v) is 5.86. The molecule has 8 heteroatoms. The van der Waals surface area contributed by atoms with Gasteiger partial charge < -0.3 is 4.74 Å². The number of carbonyl (C=O) groups excluding carboxylic acids is 3. The number of carbonyl (C=O) groups is 3. The van der Waals surface area contributed by atoms with Gasteiger partial charge in [-0.25, -0.2) is 4.90 Å². The van der Waals surface area contributed by atoms with Crippen molar-refractivity contribution in [1.29, 1.82) is 0 Å². The molecule has 3 heterocycles. The molecule has 3 aromatic rings. The highest BCUT2D eigenvalue weighted by Crippen LogP contribution is 2.53. The van der Waals surface area contributed by atoms with Crippen LogP contribution in [0.2, 0.25) is 5.02 Å². The van der Waals surface area contributed by atoms with E-state index >= 15 is 0 Å². The average molecular weight is 528 g/mol. The van der Waals surface area contributed by atoms with Crippen LogP contribution in [0.5, 0.6) is 5.75 Å². The smallest absolute Gasteiger partial charge is 0.240 e. The van der Waals surface area contributed by atoms with E-state index < -0.39 is 29.8 Å². The zero-order valence-electron chi connectivity index (χ0n) is 20.8. The number of Topliss-reactive ketones (excluding diaryl/α,β-unsaturated/α-hetero) is 1. The van der Waals surface area contributed by atoms with Crippen LogP contribution < -0.4 is 9.64 Å². The molecule has 4 atom stereocenters. The van der Waals surface area contributed by atoms with Gasteiger partial charge in [-0.05, 0) is 66.1 Å². The Labute approximate surface area is 225 Å². The number of nitrogens with zero attached hydrogens (tertiary/aromatic N) is 3. The Morgan fingerprint density at radius 2 is 1.66 bits per heavy atom. The minimum absolute atomic E-state index is 0.265. The number of ether oxygens (including phenoxy) is 1. The molecule has 6 rings (SSSR count). The van der Waals surface area contributed by atoms with Crippen molar-refractivity contribution >= 4 is 41.1 Å². The maximum atomic E-state index is 14.0. The third-order valence-corrected chi connectivity index (χ3v) is 7.80. The first-order valence-electron chi connectivity index (χ1n) is 12.8. The van der Waals surface area contributed by atoms with Gasteiger partial charge in [-0.3, -0.25) is 19.4 Å². The van der Waals surface area contributed by atoms with Crippen LogP contribution in [0.3, 0.4) is 0 Å². The van der Waals surface area contributed by atoms with Gasteiger partial charge in [-0.2, -0.15) is 5.10 Å². The molecular formula is C30H26ClN3O4. The fraction of sp³-hybridized carbons (Fsp3) is 0.267. The van der Waals surface area contributed by atoms with E-state index in [1.165, 1.54) is 4.90 Å². The number of hydrazone groups is 1. The number of amides is 2. The molecule has 3 aliphatic rings. The fourth-order valence-electron chi connectivity index (χ4n) is 5.73. The van der Waals surface area contributed by atoms with Crippen LogP contribution in [0, 0.1) is 11.8 Å². The Bertz CT molecular complexity index is 1440. The lowest BCUT2D eigenvalue weighted by Crippen LogP contribution is -2.44. The summed E-state index contributed by atoms with van der Waals surface area (Å²) in [6, 6.07) is 19.8. The van der Waals surface area contributed by atoms with Crippen LogP contribution in [-0.4, -0.2) is 41.5 Å². The van der Waals surface area contributed by atoms with Crippen molar-refractivity contribution < 1.29 is 19.1 Å². The third kappa shape index (κ3) is 3.89. The van der Waals surface area contributed by atoms with Gasteiger partial charge in [0.05, 0.1) is 36.4 Å². The molecule has 0 unspecified atom stereocenters. The van der Waals surface area contributed by atoms with E-state index in [4.69, 9.17) is 16.3 Å². The van der Waals surface area contributed by atoms with E-state index in [9.17, 15) is 14.4 Å². The zero-order chi connectivity index (χ0) is 26.4. The Kier molecular flexibility index (Phi) is 6.24. The van der Waals surface area contributed by atoms with E-state index in [-0.39, 0.29) is 11.7 Å². The van der Waals surface area contributed by atoms with Gasteiger partial charge in [-0.15, -0.1) is 0 Å². The Morgan fingerprint density at radius 3 is 2.39 bits per heavy atom. The lowest BCUT2D eigenvalue weighted by atomic mass is 9.83. The normalized spacial score (nSPS) is 23.3. The largest absolute Gasteiger partial charge is 0.494 e. The molecule has 2 saturated heterocycles. The van der Waals surface area contributed by atoms with Crippen molar-refractivity contribution in [3.8, 4) is 5.75 Å². The van der Waals surface area contributed by atoms with E-state index in [0.717, 1.165) is 24.0 Å². The molecular weight excluding hydrogens is 502 g/mol. The molecule has 0 saturated carbocycles. The number of halogens is 1. The molecule has 3 aliphatic heterocycles. The first-order valence-corrected chi connectivity index (χ1v) is 13.2. The second kappa shape index (κ2) is 9.72. The van der Waals surface area contributed by atoms with Crippen molar-refractivity contribution in [2.24, 2.45) is 16.9 Å². The second-order valence-corrected chi connectivity index (χ2v) is 10.2. The second-order valence-electron chi connectivity index (χ2n) is 9.77. The topological polar surface area (TPSA) is 79.3 Å². The lowest BCUT2D eigenvalue weighted by Gasteiger charge is -2.33. The van der Waals surface area contributed by atoms with Gasteiger partial charge in [0.15, 0.2) is 5.78 Å². The summed E-state index contributed by atoms with van der Waals surface area (Å²) in [6.07, 6.45) is 3.66. The summed E-state index contributed by atoms with van der Waals surface area (Å²) in [5.41, 5.74) is 2.64. The standard InChI is InChI=1S/C30H26ClN3O4/c1-2-3-16-38-22-14-12-21(13-15-22)33-29(36)24-25(30(33)37)27(28(35)18-8-10-20(31)11-9-18)34-26(24)23-7-5-4-6-19(23)17-32-34/h4-15,17,24-27H,2-3,16H2,1H3/t24-,25+,26+,27-/m0/s1. The highest BCUT2D eigenvalue weighted by molar-refractivity contribution is 6.30. The molecule has 2 amide bonds. The van der Waals surface area contributed by atoms with Gasteiger partial charge in [0.25, 0.3) is 0 Å². The van der Waals surface area contributed by atoms with Crippen LogP contribution in [0.25, 0.3) is 0 Å². The molecule has 0 N–H and O–H groups in total. The number of ketones is 1. The molecule has 2 fully saturated rings. The molecule has 0 spiro atoms. The predicted octanol–water partition coefficient (Wildman–Crippen LogP) is 5.28. The van der Waals surface area contributed by atoms with Crippen LogP contribution in [-0.2, 0) is 9.59 Å². The predicted molar refractivity (Wildman–Crippen MR) is 145 cm³/mol. The van der Waals surface area contributed by atoms with Gasteiger partial charge in [0.1, 0.15) is 11.8 Å². The molecule has 0 aliphatic carbocycles. The SMILES string of the molecule is CCCCOc1ccc(N2C(=O)[C@@H]3[C@H](C2=O)[C@H]2c4ccccc4C=NN2[C@@H]3C(=O)c2ccc(Cl)cc2)cc1. The van der Waals surface area contributed by atoms with Gasteiger partial charge in [-0.1, -0.05) is 49.2 Å². The number of fused-ring (bicyclic) bond motifs is 5. The van der Waals surface area contributed by atoms with Crippen molar-refractivity contribution in [1.82, 2.24) is 5.01 Å². The van der Waals surface area contributed by atoms with Gasteiger partial charge >= 0.3 is 0 Å². The summed E-state index contributed by atoms with van der Waals surface area (Å²) in [4.78, 5) is 43.0. The van der Waals surface area contributed by atoms with Gasteiger partial charge in [0.2, 0.25) is 11.8 Å². The van der Waals surface area contributed by atoms with Crippen LogP contribution in [0.4, 0.5) is 5.69 Å².